The second kappa shape index (κ2) is 20.3. The molecule has 1 aromatic heterocycles. The number of benzene rings is 1. The van der Waals surface area contributed by atoms with E-state index in [1.165, 1.54) is 83.5 Å². The molecule has 1 aromatic carbocycles. The Kier molecular flexibility index (Phi) is 16.9. The molecule has 0 fully saturated rings. The van der Waals surface area contributed by atoms with Gasteiger partial charge < -0.3 is 14.2 Å². The normalized spacial score (nSPS) is 11.8. The van der Waals surface area contributed by atoms with Crippen molar-refractivity contribution in [1.29, 1.82) is 0 Å². The van der Waals surface area contributed by atoms with E-state index >= 15 is 0 Å². The number of hydrogen-bond donors (Lipinski definition) is 0. The topological polar surface area (TPSA) is 70.5 Å². The fraction of sp³-hybridized carbons (Fsp3) is 0.656. The lowest BCUT2D eigenvalue weighted by Gasteiger charge is -2.10. The van der Waals surface area contributed by atoms with Crippen LogP contribution in [0, 0.1) is 5.92 Å². The van der Waals surface area contributed by atoms with Crippen LogP contribution in [0.1, 0.15) is 127 Å². The third kappa shape index (κ3) is 14.3. The van der Waals surface area contributed by atoms with Crippen LogP contribution >= 0.6 is 0 Å². The van der Waals surface area contributed by atoms with Crippen molar-refractivity contribution in [3.63, 3.8) is 0 Å². The average Bonchev–Trinajstić information content (AvgIpc) is 2.94. The summed E-state index contributed by atoms with van der Waals surface area (Å²) >= 11 is 0. The summed E-state index contributed by atoms with van der Waals surface area (Å²) in [4.78, 5) is 12.4. The number of rotatable bonds is 22. The third-order valence-corrected chi connectivity index (χ3v) is 6.88. The van der Waals surface area contributed by atoms with Crippen molar-refractivity contribution in [3.05, 3.63) is 42.0 Å². The van der Waals surface area contributed by atoms with Gasteiger partial charge in [-0.1, -0.05) is 111 Å². The van der Waals surface area contributed by atoms with Crippen LogP contribution in [-0.4, -0.2) is 29.4 Å². The van der Waals surface area contributed by atoms with E-state index in [9.17, 15) is 4.79 Å². The minimum atomic E-state index is -0.480. The summed E-state index contributed by atoms with van der Waals surface area (Å²) in [7, 11) is 0. The van der Waals surface area contributed by atoms with Crippen molar-refractivity contribution in [2.75, 3.05) is 13.2 Å². The lowest BCUT2D eigenvalue weighted by atomic mass is 10.0. The van der Waals surface area contributed by atoms with Gasteiger partial charge in [-0.2, -0.15) is 0 Å². The van der Waals surface area contributed by atoms with Crippen molar-refractivity contribution in [3.8, 4) is 17.5 Å². The SMILES string of the molecule is CCCCCCCCCCCCCCCCOc1ccc(C(=O)Oc2ccc(OC[C@@H](C)CC)nn2)cc1. The molecule has 0 unspecified atom stereocenters. The highest BCUT2D eigenvalue weighted by atomic mass is 16.5. The van der Waals surface area contributed by atoms with E-state index in [1.807, 2.05) is 0 Å². The number of unbranched alkanes of at least 4 members (excludes halogenated alkanes) is 13. The smallest absolute Gasteiger partial charge is 0.344 e. The fourth-order valence-electron chi connectivity index (χ4n) is 4.11. The number of carbonyl (C=O) groups excluding carboxylic acids is 1. The van der Waals surface area contributed by atoms with Gasteiger partial charge in [0.2, 0.25) is 11.8 Å². The predicted molar refractivity (Wildman–Crippen MR) is 154 cm³/mol. The van der Waals surface area contributed by atoms with Gasteiger partial charge in [0, 0.05) is 12.1 Å². The second-order valence-corrected chi connectivity index (χ2v) is 10.4. The Balaban J connectivity index is 1.51. The maximum Gasteiger partial charge on any atom is 0.344 e. The molecule has 6 nitrogen and oxygen atoms in total. The number of hydrogen-bond acceptors (Lipinski definition) is 6. The van der Waals surface area contributed by atoms with Crippen molar-refractivity contribution in [2.24, 2.45) is 5.92 Å². The summed E-state index contributed by atoms with van der Waals surface area (Å²) in [5.74, 6) is 1.29. The Morgan fingerprint density at radius 1 is 0.684 bits per heavy atom. The van der Waals surface area contributed by atoms with Crippen LogP contribution in [0.5, 0.6) is 17.5 Å². The van der Waals surface area contributed by atoms with Crippen molar-refractivity contribution in [1.82, 2.24) is 10.2 Å². The molecule has 212 valence electrons. The lowest BCUT2D eigenvalue weighted by Crippen LogP contribution is -2.11. The predicted octanol–water partition coefficient (Wildman–Crippen LogP) is 8.98. The minimum Gasteiger partial charge on any atom is -0.494 e. The third-order valence-electron chi connectivity index (χ3n) is 6.88. The first-order valence-electron chi connectivity index (χ1n) is 15.0. The summed E-state index contributed by atoms with van der Waals surface area (Å²) in [6, 6.07) is 10.3. The van der Waals surface area contributed by atoms with Gasteiger partial charge in [0.15, 0.2) is 0 Å². The molecule has 1 heterocycles. The van der Waals surface area contributed by atoms with Crippen LogP contribution in [0.3, 0.4) is 0 Å². The van der Waals surface area contributed by atoms with Gasteiger partial charge in [0.25, 0.3) is 0 Å². The second-order valence-electron chi connectivity index (χ2n) is 10.4. The molecule has 0 amide bonds. The maximum atomic E-state index is 12.4. The Bertz CT molecular complexity index is 855. The monoisotopic (exact) mass is 526 g/mol. The highest BCUT2D eigenvalue weighted by molar-refractivity contribution is 5.90. The van der Waals surface area contributed by atoms with Gasteiger partial charge in [-0.05, 0) is 36.6 Å². The molecule has 6 heteroatoms. The average molecular weight is 527 g/mol. The number of esters is 1. The van der Waals surface area contributed by atoms with Gasteiger partial charge in [-0.3, -0.25) is 0 Å². The minimum absolute atomic E-state index is 0.143. The molecular formula is C32H50N2O4. The van der Waals surface area contributed by atoms with Crippen LogP contribution in [0.2, 0.25) is 0 Å². The van der Waals surface area contributed by atoms with Crippen LogP contribution in [-0.2, 0) is 0 Å². The van der Waals surface area contributed by atoms with Gasteiger partial charge in [0.05, 0.1) is 18.8 Å². The molecule has 0 saturated carbocycles. The first-order valence-corrected chi connectivity index (χ1v) is 15.0. The fourth-order valence-corrected chi connectivity index (χ4v) is 4.11. The lowest BCUT2D eigenvalue weighted by molar-refractivity contribution is 0.0725. The van der Waals surface area contributed by atoms with Gasteiger partial charge in [-0.25, -0.2) is 4.79 Å². The summed E-state index contributed by atoms with van der Waals surface area (Å²) < 4.78 is 16.7. The molecule has 0 N–H and O–H groups in total. The summed E-state index contributed by atoms with van der Waals surface area (Å²) in [5, 5.41) is 7.89. The van der Waals surface area contributed by atoms with Gasteiger partial charge in [0.1, 0.15) is 5.75 Å². The van der Waals surface area contributed by atoms with E-state index in [0.29, 0.717) is 30.6 Å². The van der Waals surface area contributed by atoms with Gasteiger partial charge >= 0.3 is 5.97 Å². The van der Waals surface area contributed by atoms with E-state index in [0.717, 1.165) is 18.6 Å². The van der Waals surface area contributed by atoms with Crippen LogP contribution in [0.15, 0.2) is 36.4 Å². The van der Waals surface area contributed by atoms with E-state index in [-0.39, 0.29) is 5.88 Å². The molecule has 0 bridgehead atoms. The molecule has 0 aliphatic carbocycles. The number of nitrogens with zero attached hydrogens (tertiary/aromatic N) is 2. The summed E-state index contributed by atoms with van der Waals surface area (Å²) in [6.45, 7) is 7.78. The van der Waals surface area contributed by atoms with Crippen molar-refractivity contribution in [2.45, 2.75) is 117 Å². The standard InChI is InChI=1S/C32H50N2O4/c1-4-6-7-8-9-10-11-12-13-14-15-16-17-18-25-36-29-21-19-28(20-22-29)32(35)38-31-24-23-30(33-34-31)37-26-27(3)5-2/h19-24,27H,4-18,25-26H2,1-3H3/t27-/m0/s1. The molecular weight excluding hydrogens is 476 g/mol. The highest BCUT2D eigenvalue weighted by Gasteiger charge is 2.11. The molecule has 2 aromatic rings. The molecule has 1 atom stereocenters. The highest BCUT2D eigenvalue weighted by Crippen LogP contribution is 2.17. The zero-order valence-corrected chi connectivity index (χ0v) is 24.1. The zero-order chi connectivity index (χ0) is 27.3. The van der Waals surface area contributed by atoms with Crippen LogP contribution in [0.25, 0.3) is 0 Å². The number of ether oxygens (including phenoxy) is 3. The van der Waals surface area contributed by atoms with E-state index < -0.39 is 5.97 Å². The Labute approximate surface area is 230 Å². The molecule has 0 radical (unpaired) electrons. The van der Waals surface area contributed by atoms with E-state index in [1.54, 1.807) is 36.4 Å². The number of carbonyl (C=O) groups is 1. The van der Waals surface area contributed by atoms with E-state index in [4.69, 9.17) is 14.2 Å². The first-order chi connectivity index (χ1) is 18.6. The molecule has 38 heavy (non-hydrogen) atoms. The molecule has 0 aliphatic rings. The summed E-state index contributed by atoms with van der Waals surface area (Å²) in [6.07, 6.45) is 19.8. The number of aromatic nitrogens is 2. The maximum absolute atomic E-state index is 12.4. The first kappa shape index (κ1) is 31.6. The Hall–Kier alpha value is -2.63. The van der Waals surface area contributed by atoms with Crippen LogP contribution in [0.4, 0.5) is 0 Å². The summed E-state index contributed by atoms with van der Waals surface area (Å²) in [5.41, 5.74) is 0.438. The molecule has 2 rings (SSSR count). The zero-order valence-electron chi connectivity index (χ0n) is 24.1. The van der Waals surface area contributed by atoms with E-state index in [2.05, 4.69) is 31.0 Å². The van der Waals surface area contributed by atoms with Gasteiger partial charge in [-0.15, -0.1) is 10.2 Å². The van der Waals surface area contributed by atoms with Crippen LogP contribution < -0.4 is 14.2 Å². The Morgan fingerprint density at radius 3 is 1.74 bits per heavy atom. The Morgan fingerprint density at radius 2 is 1.21 bits per heavy atom. The molecule has 0 saturated heterocycles. The van der Waals surface area contributed by atoms with Crippen molar-refractivity contribution < 1.29 is 19.0 Å². The van der Waals surface area contributed by atoms with Crippen molar-refractivity contribution >= 4 is 5.97 Å². The molecule has 0 spiro atoms. The molecule has 0 aliphatic heterocycles. The quantitative estimate of drug-likeness (QED) is 0.113. The largest absolute Gasteiger partial charge is 0.494 e.